The van der Waals surface area contributed by atoms with Crippen molar-refractivity contribution in [2.24, 2.45) is 0 Å². The van der Waals surface area contributed by atoms with E-state index in [9.17, 15) is 9.59 Å². The van der Waals surface area contributed by atoms with E-state index in [-0.39, 0.29) is 22.9 Å². The van der Waals surface area contributed by atoms with Crippen molar-refractivity contribution < 1.29 is 33.3 Å². The molecule has 28 heavy (non-hydrogen) atoms. The second kappa shape index (κ2) is 8.13. The third-order valence-electron chi connectivity index (χ3n) is 3.91. The molecule has 0 unspecified atom stereocenters. The third-order valence-corrected chi connectivity index (χ3v) is 4.19. The van der Waals surface area contributed by atoms with Crippen molar-refractivity contribution in [1.82, 2.24) is 10.9 Å². The molecule has 0 atom stereocenters. The van der Waals surface area contributed by atoms with Crippen LogP contribution in [0.3, 0.4) is 0 Å². The second-order valence-electron chi connectivity index (χ2n) is 5.51. The summed E-state index contributed by atoms with van der Waals surface area (Å²) in [4.78, 5) is 24.8. The van der Waals surface area contributed by atoms with Crippen molar-refractivity contribution in [3.05, 3.63) is 40.4 Å². The smallest absolute Gasteiger partial charge is 0.269 e. The molecule has 0 saturated carbocycles. The summed E-state index contributed by atoms with van der Waals surface area (Å²) >= 11 is 6.06. The van der Waals surface area contributed by atoms with Crippen LogP contribution in [-0.2, 0) is 0 Å². The fourth-order valence-corrected chi connectivity index (χ4v) is 2.83. The first kappa shape index (κ1) is 19.4. The first-order chi connectivity index (χ1) is 13.5. The molecule has 10 heteroatoms. The third kappa shape index (κ3) is 3.70. The number of carbonyl (C=O) groups excluding carboxylic acids is 2. The van der Waals surface area contributed by atoms with Crippen LogP contribution in [0.2, 0.25) is 5.02 Å². The number of benzene rings is 2. The Kier molecular flexibility index (Phi) is 5.65. The molecule has 2 aromatic carbocycles. The van der Waals surface area contributed by atoms with Crippen LogP contribution in [0.4, 0.5) is 0 Å². The molecule has 148 valence electrons. The molecule has 1 aliphatic rings. The molecular weight excluding hydrogens is 392 g/mol. The van der Waals surface area contributed by atoms with Gasteiger partial charge in [0.15, 0.2) is 23.0 Å². The van der Waals surface area contributed by atoms with Crippen LogP contribution in [0.25, 0.3) is 0 Å². The Morgan fingerprint density at radius 3 is 2.00 bits per heavy atom. The SMILES string of the molecule is COc1cc(C(=O)NNC(=O)c2cc(Cl)c3c(c2)OCO3)cc(OC)c1OC. The highest BCUT2D eigenvalue weighted by Crippen LogP contribution is 2.40. The number of carbonyl (C=O) groups is 2. The highest BCUT2D eigenvalue weighted by atomic mass is 35.5. The summed E-state index contributed by atoms with van der Waals surface area (Å²) < 4.78 is 26.0. The van der Waals surface area contributed by atoms with Crippen LogP contribution in [0, 0.1) is 0 Å². The van der Waals surface area contributed by atoms with Gasteiger partial charge in [-0.1, -0.05) is 11.6 Å². The predicted octanol–water partition coefficient (Wildman–Crippen LogP) is 2.17. The molecular formula is C18H17ClN2O7. The Morgan fingerprint density at radius 2 is 1.46 bits per heavy atom. The van der Waals surface area contributed by atoms with Gasteiger partial charge in [-0.05, 0) is 24.3 Å². The van der Waals surface area contributed by atoms with Crippen LogP contribution >= 0.6 is 11.6 Å². The summed E-state index contributed by atoms with van der Waals surface area (Å²) in [6.45, 7) is 0.0258. The molecule has 9 nitrogen and oxygen atoms in total. The molecule has 2 aromatic rings. The van der Waals surface area contributed by atoms with E-state index in [1.165, 1.54) is 45.6 Å². The Balaban J connectivity index is 1.74. The number of fused-ring (bicyclic) bond motifs is 1. The molecule has 2 amide bonds. The summed E-state index contributed by atoms with van der Waals surface area (Å²) in [7, 11) is 4.32. The second-order valence-corrected chi connectivity index (χ2v) is 5.92. The van der Waals surface area contributed by atoms with E-state index >= 15 is 0 Å². The highest BCUT2D eigenvalue weighted by Gasteiger charge is 2.21. The van der Waals surface area contributed by atoms with Gasteiger partial charge in [-0.3, -0.25) is 20.4 Å². The van der Waals surface area contributed by atoms with Crippen LogP contribution in [0.5, 0.6) is 28.7 Å². The van der Waals surface area contributed by atoms with Crippen LogP contribution < -0.4 is 34.5 Å². The normalized spacial score (nSPS) is 11.6. The molecule has 3 rings (SSSR count). The zero-order valence-electron chi connectivity index (χ0n) is 15.3. The number of nitrogens with one attached hydrogen (secondary N) is 2. The van der Waals surface area contributed by atoms with E-state index in [2.05, 4.69) is 10.9 Å². The lowest BCUT2D eigenvalue weighted by Gasteiger charge is -2.14. The Labute approximate surface area is 165 Å². The van der Waals surface area contributed by atoms with Gasteiger partial charge in [0.2, 0.25) is 12.5 Å². The lowest BCUT2D eigenvalue weighted by Crippen LogP contribution is -2.41. The van der Waals surface area contributed by atoms with Gasteiger partial charge in [-0.25, -0.2) is 0 Å². The number of hydrogen-bond donors (Lipinski definition) is 2. The minimum absolute atomic E-state index is 0.0258. The molecule has 0 aliphatic carbocycles. The zero-order chi connectivity index (χ0) is 20.3. The Hall–Kier alpha value is -3.33. The van der Waals surface area contributed by atoms with Crippen molar-refractivity contribution in [2.45, 2.75) is 0 Å². The first-order valence-electron chi connectivity index (χ1n) is 7.98. The minimum Gasteiger partial charge on any atom is -0.493 e. The van der Waals surface area contributed by atoms with Crippen LogP contribution in [0.15, 0.2) is 24.3 Å². The fraction of sp³-hybridized carbons (Fsp3) is 0.222. The number of hydrazine groups is 1. The fourth-order valence-electron chi connectivity index (χ4n) is 2.57. The summed E-state index contributed by atoms with van der Waals surface area (Å²) in [6, 6.07) is 5.80. The maximum Gasteiger partial charge on any atom is 0.269 e. The zero-order valence-corrected chi connectivity index (χ0v) is 16.0. The molecule has 1 aliphatic heterocycles. The van der Waals surface area contributed by atoms with Gasteiger partial charge >= 0.3 is 0 Å². The molecule has 2 N–H and O–H groups in total. The van der Waals surface area contributed by atoms with Gasteiger partial charge in [-0.15, -0.1) is 0 Å². The average Bonchev–Trinajstić information content (AvgIpc) is 3.19. The summed E-state index contributed by atoms with van der Waals surface area (Å²) in [5.41, 5.74) is 5.02. The van der Waals surface area contributed by atoms with E-state index in [4.69, 9.17) is 35.3 Å². The number of ether oxygens (including phenoxy) is 5. The van der Waals surface area contributed by atoms with E-state index in [0.717, 1.165) is 0 Å². The maximum absolute atomic E-state index is 12.4. The van der Waals surface area contributed by atoms with Gasteiger partial charge in [0.1, 0.15) is 0 Å². The van der Waals surface area contributed by atoms with Crippen molar-refractivity contribution in [1.29, 1.82) is 0 Å². The number of hydrogen-bond acceptors (Lipinski definition) is 7. The summed E-state index contributed by atoms with van der Waals surface area (Å²) in [5, 5.41) is 0.233. The predicted molar refractivity (Wildman–Crippen MR) is 98.6 cm³/mol. The maximum atomic E-state index is 12.4. The van der Waals surface area contributed by atoms with E-state index < -0.39 is 11.8 Å². The number of rotatable bonds is 5. The standard InChI is InChI=1S/C18H17ClN2O7/c1-24-12-5-10(6-13(25-2)16(12)26-3)18(23)21-20-17(22)9-4-11(19)15-14(7-9)27-8-28-15/h4-7H,8H2,1-3H3,(H,20,22)(H,21,23). The average molecular weight is 409 g/mol. The number of methoxy groups -OCH3 is 3. The molecule has 0 radical (unpaired) electrons. The number of halogens is 1. The molecule has 1 heterocycles. The van der Waals surface area contributed by atoms with E-state index in [1.807, 2.05) is 0 Å². The Bertz CT molecular complexity index is 907. The van der Waals surface area contributed by atoms with E-state index in [1.54, 1.807) is 0 Å². The van der Waals surface area contributed by atoms with E-state index in [0.29, 0.717) is 28.7 Å². The minimum atomic E-state index is -0.584. The Morgan fingerprint density at radius 1 is 0.893 bits per heavy atom. The summed E-state index contributed by atoms with van der Waals surface area (Å²) in [5.74, 6) is 0.524. The van der Waals surface area contributed by atoms with Crippen LogP contribution in [0.1, 0.15) is 20.7 Å². The van der Waals surface area contributed by atoms with Crippen LogP contribution in [-0.4, -0.2) is 39.9 Å². The van der Waals surface area contributed by atoms with Gasteiger partial charge < -0.3 is 23.7 Å². The molecule has 0 spiro atoms. The lowest BCUT2D eigenvalue weighted by atomic mass is 10.1. The van der Waals surface area contributed by atoms with Crippen molar-refractivity contribution >= 4 is 23.4 Å². The van der Waals surface area contributed by atoms with Crippen molar-refractivity contribution in [3.8, 4) is 28.7 Å². The number of amides is 2. The highest BCUT2D eigenvalue weighted by molar-refractivity contribution is 6.32. The summed E-state index contributed by atoms with van der Waals surface area (Å²) in [6.07, 6.45) is 0. The lowest BCUT2D eigenvalue weighted by molar-refractivity contribution is 0.0846. The largest absolute Gasteiger partial charge is 0.493 e. The molecule has 0 saturated heterocycles. The van der Waals surface area contributed by atoms with Crippen molar-refractivity contribution in [2.75, 3.05) is 28.1 Å². The van der Waals surface area contributed by atoms with Crippen molar-refractivity contribution in [3.63, 3.8) is 0 Å². The molecule has 0 bridgehead atoms. The van der Waals surface area contributed by atoms with Gasteiger partial charge in [0.25, 0.3) is 11.8 Å². The topological polar surface area (TPSA) is 104 Å². The molecule has 0 aromatic heterocycles. The van der Waals surface area contributed by atoms with Gasteiger partial charge in [-0.2, -0.15) is 0 Å². The first-order valence-corrected chi connectivity index (χ1v) is 8.36. The monoisotopic (exact) mass is 408 g/mol. The quantitative estimate of drug-likeness (QED) is 0.730. The van der Waals surface area contributed by atoms with Gasteiger partial charge in [0.05, 0.1) is 26.4 Å². The van der Waals surface area contributed by atoms with Gasteiger partial charge in [0, 0.05) is 11.1 Å². The molecule has 0 fully saturated rings.